The Hall–Kier alpha value is -2.66. The maximum Gasteiger partial charge on any atom is 0.254 e. The molecule has 32 heavy (non-hydrogen) atoms. The van der Waals surface area contributed by atoms with Crippen LogP contribution in [0.1, 0.15) is 63.1 Å². The van der Waals surface area contributed by atoms with Crippen molar-refractivity contribution in [1.82, 2.24) is 14.7 Å². The molecule has 1 atom stereocenters. The highest BCUT2D eigenvalue weighted by molar-refractivity contribution is 5.96. The Labute approximate surface area is 191 Å². The smallest absolute Gasteiger partial charge is 0.254 e. The first-order valence-corrected chi connectivity index (χ1v) is 12.1. The van der Waals surface area contributed by atoms with Crippen LogP contribution in [-0.4, -0.2) is 65.3 Å². The van der Waals surface area contributed by atoms with Gasteiger partial charge in [0.25, 0.3) is 11.8 Å². The summed E-state index contributed by atoms with van der Waals surface area (Å²) in [7, 11) is 0. The fourth-order valence-corrected chi connectivity index (χ4v) is 5.56. The quantitative estimate of drug-likeness (QED) is 0.738. The van der Waals surface area contributed by atoms with Crippen LogP contribution in [0.5, 0.6) is 0 Å². The fraction of sp³-hybridized carbons (Fsp3) is 0.481. The zero-order valence-corrected chi connectivity index (χ0v) is 19.1. The molecular formula is C27H33N3O2. The SMILES string of the molecule is Cc1ccccc1C(=O)N1CCc2cc(C(=O)N3CCCC3CN3CCCC3)ccc2C1. The molecule has 0 N–H and O–H groups in total. The summed E-state index contributed by atoms with van der Waals surface area (Å²) in [6, 6.07) is 14.2. The molecule has 3 heterocycles. The van der Waals surface area contributed by atoms with Gasteiger partial charge in [0.2, 0.25) is 0 Å². The van der Waals surface area contributed by atoms with Gasteiger partial charge >= 0.3 is 0 Å². The van der Waals surface area contributed by atoms with Crippen molar-refractivity contribution in [3.63, 3.8) is 0 Å². The number of carbonyl (C=O) groups excluding carboxylic acids is 2. The number of carbonyl (C=O) groups is 2. The summed E-state index contributed by atoms with van der Waals surface area (Å²) in [5.41, 5.74) is 4.96. The maximum atomic E-state index is 13.4. The van der Waals surface area contributed by atoms with Gasteiger partial charge in [0.05, 0.1) is 0 Å². The lowest BCUT2D eigenvalue weighted by atomic mass is 9.96. The zero-order valence-electron chi connectivity index (χ0n) is 19.1. The highest BCUT2D eigenvalue weighted by Gasteiger charge is 2.32. The third-order valence-electron chi connectivity index (χ3n) is 7.43. The van der Waals surface area contributed by atoms with Crippen LogP contribution in [0.4, 0.5) is 0 Å². The number of fused-ring (bicyclic) bond motifs is 1. The highest BCUT2D eigenvalue weighted by Crippen LogP contribution is 2.26. The highest BCUT2D eigenvalue weighted by atomic mass is 16.2. The molecule has 3 aliphatic heterocycles. The summed E-state index contributed by atoms with van der Waals surface area (Å²) in [5.74, 6) is 0.267. The van der Waals surface area contributed by atoms with Crippen LogP contribution in [0.15, 0.2) is 42.5 Å². The Bertz CT molecular complexity index is 1010. The molecule has 1 unspecified atom stereocenters. The molecule has 2 saturated heterocycles. The summed E-state index contributed by atoms with van der Waals surface area (Å²) in [4.78, 5) is 32.9. The molecule has 2 fully saturated rings. The molecule has 0 saturated carbocycles. The van der Waals surface area contributed by atoms with Crippen LogP contribution in [-0.2, 0) is 13.0 Å². The minimum Gasteiger partial charge on any atom is -0.334 e. The van der Waals surface area contributed by atoms with Crippen molar-refractivity contribution in [3.8, 4) is 0 Å². The van der Waals surface area contributed by atoms with Gasteiger partial charge < -0.3 is 14.7 Å². The van der Waals surface area contributed by atoms with Crippen LogP contribution >= 0.6 is 0 Å². The van der Waals surface area contributed by atoms with Crippen molar-refractivity contribution in [3.05, 3.63) is 70.3 Å². The summed E-state index contributed by atoms with van der Waals surface area (Å²) < 4.78 is 0. The molecule has 168 valence electrons. The average Bonchev–Trinajstić information content (AvgIpc) is 3.50. The van der Waals surface area contributed by atoms with E-state index in [9.17, 15) is 9.59 Å². The van der Waals surface area contributed by atoms with E-state index in [1.807, 2.05) is 42.2 Å². The van der Waals surface area contributed by atoms with Crippen LogP contribution in [0.3, 0.4) is 0 Å². The summed E-state index contributed by atoms with van der Waals surface area (Å²) in [6.07, 6.45) is 5.59. The molecule has 2 aromatic rings. The van der Waals surface area contributed by atoms with E-state index in [-0.39, 0.29) is 11.8 Å². The van der Waals surface area contributed by atoms with Gasteiger partial charge in [-0.2, -0.15) is 0 Å². The van der Waals surface area contributed by atoms with Gasteiger partial charge in [-0.1, -0.05) is 24.3 Å². The molecule has 3 aliphatic rings. The monoisotopic (exact) mass is 431 g/mol. The van der Waals surface area contributed by atoms with Crippen LogP contribution < -0.4 is 0 Å². The molecular weight excluding hydrogens is 398 g/mol. The average molecular weight is 432 g/mol. The molecule has 0 aliphatic carbocycles. The number of hydrogen-bond donors (Lipinski definition) is 0. The van der Waals surface area contributed by atoms with Gasteiger partial charge in [0.1, 0.15) is 0 Å². The second-order valence-corrected chi connectivity index (χ2v) is 9.58. The van der Waals surface area contributed by atoms with Crippen LogP contribution in [0, 0.1) is 6.92 Å². The first-order chi connectivity index (χ1) is 15.6. The van der Waals surface area contributed by atoms with Gasteiger partial charge in [-0.25, -0.2) is 0 Å². The van der Waals surface area contributed by atoms with Gasteiger partial charge in [-0.05, 0) is 87.0 Å². The number of aryl methyl sites for hydroxylation is 1. The Kier molecular flexibility index (Phi) is 6.01. The summed E-state index contributed by atoms with van der Waals surface area (Å²) >= 11 is 0. The second kappa shape index (κ2) is 9.07. The third kappa shape index (κ3) is 4.18. The Balaban J connectivity index is 1.28. The minimum absolute atomic E-state index is 0.0933. The number of benzene rings is 2. The number of rotatable bonds is 4. The summed E-state index contributed by atoms with van der Waals surface area (Å²) in [5, 5.41) is 0. The predicted octanol–water partition coefficient (Wildman–Crippen LogP) is 3.89. The first-order valence-electron chi connectivity index (χ1n) is 12.1. The van der Waals surface area contributed by atoms with Gasteiger partial charge in [0, 0.05) is 43.3 Å². The molecule has 0 bridgehead atoms. The van der Waals surface area contributed by atoms with E-state index in [1.165, 1.54) is 31.5 Å². The Morgan fingerprint density at radius 3 is 2.53 bits per heavy atom. The molecule has 5 heteroatoms. The van der Waals surface area contributed by atoms with Crippen LogP contribution in [0.25, 0.3) is 0 Å². The molecule has 0 radical (unpaired) electrons. The third-order valence-corrected chi connectivity index (χ3v) is 7.43. The van der Waals surface area contributed by atoms with E-state index in [4.69, 9.17) is 0 Å². The van der Waals surface area contributed by atoms with E-state index in [0.717, 1.165) is 54.6 Å². The van der Waals surface area contributed by atoms with Crippen molar-refractivity contribution in [2.24, 2.45) is 0 Å². The van der Waals surface area contributed by atoms with E-state index < -0.39 is 0 Å². The normalized spacial score (nSPS) is 21.1. The minimum atomic E-state index is 0.0933. The topological polar surface area (TPSA) is 43.9 Å². The van der Waals surface area contributed by atoms with E-state index >= 15 is 0 Å². The molecule has 5 rings (SSSR count). The number of likely N-dealkylation sites (tertiary alicyclic amines) is 2. The van der Waals surface area contributed by atoms with Gasteiger partial charge in [-0.3, -0.25) is 9.59 Å². The first kappa shape index (κ1) is 21.2. The van der Waals surface area contributed by atoms with E-state index in [1.54, 1.807) is 0 Å². The van der Waals surface area contributed by atoms with Crippen LogP contribution in [0.2, 0.25) is 0 Å². The lowest BCUT2D eigenvalue weighted by molar-refractivity contribution is 0.0703. The molecule has 2 aromatic carbocycles. The molecule has 0 aromatic heterocycles. The Morgan fingerprint density at radius 1 is 0.906 bits per heavy atom. The molecule has 5 nitrogen and oxygen atoms in total. The maximum absolute atomic E-state index is 13.4. The standard InChI is InChI=1S/C27H33N3O2/c1-20-7-2-3-9-25(20)27(32)29-16-12-21-17-22(10-11-23(21)18-29)26(31)30-15-6-8-24(30)19-28-13-4-5-14-28/h2-3,7,9-11,17,24H,4-6,8,12-16,18-19H2,1H3. The predicted molar refractivity (Wildman–Crippen MR) is 126 cm³/mol. The van der Waals surface area contributed by atoms with Gasteiger partial charge in [0.15, 0.2) is 0 Å². The van der Waals surface area contributed by atoms with Crippen molar-refractivity contribution in [1.29, 1.82) is 0 Å². The lowest BCUT2D eigenvalue weighted by Gasteiger charge is -2.31. The summed E-state index contributed by atoms with van der Waals surface area (Å²) in [6.45, 7) is 7.53. The van der Waals surface area contributed by atoms with Gasteiger partial charge in [-0.15, -0.1) is 0 Å². The Morgan fingerprint density at radius 2 is 1.72 bits per heavy atom. The van der Waals surface area contributed by atoms with Crippen molar-refractivity contribution >= 4 is 11.8 Å². The second-order valence-electron chi connectivity index (χ2n) is 9.58. The zero-order chi connectivity index (χ0) is 22.1. The molecule has 2 amide bonds. The number of amides is 2. The van der Waals surface area contributed by atoms with E-state index in [0.29, 0.717) is 19.1 Å². The van der Waals surface area contributed by atoms with E-state index in [2.05, 4.69) is 21.9 Å². The van der Waals surface area contributed by atoms with Crippen molar-refractivity contribution in [2.75, 3.05) is 32.7 Å². The van der Waals surface area contributed by atoms with Crippen molar-refractivity contribution < 1.29 is 9.59 Å². The number of nitrogens with zero attached hydrogens (tertiary/aromatic N) is 3. The van der Waals surface area contributed by atoms with Crippen molar-refractivity contribution in [2.45, 2.75) is 51.6 Å². The number of hydrogen-bond acceptors (Lipinski definition) is 3. The lowest BCUT2D eigenvalue weighted by Crippen LogP contribution is -2.42. The molecule has 0 spiro atoms. The largest absolute Gasteiger partial charge is 0.334 e. The fourth-order valence-electron chi connectivity index (χ4n) is 5.56.